The third-order valence-electron chi connectivity index (χ3n) is 6.71. The maximum Gasteiger partial charge on any atom is 0.251 e. The number of sulfonamides is 1. The Bertz CT molecular complexity index is 1410. The van der Waals surface area contributed by atoms with E-state index in [-0.39, 0.29) is 35.2 Å². The van der Waals surface area contributed by atoms with Crippen LogP contribution in [0.1, 0.15) is 26.9 Å². The van der Waals surface area contributed by atoms with E-state index in [0.717, 1.165) is 11.1 Å². The van der Waals surface area contributed by atoms with Gasteiger partial charge in [-0.2, -0.15) is 4.31 Å². The molecule has 3 aromatic carbocycles. The zero-order valence-electron chi connectivity index (χ0n) is 21.9. The summed E-state index contributed by atoms with van der Waals surface area (Å²) in [6.45, 7) is 2.53. The molecule has 0 saturated carbocycles. The Kier molecular flexibility index (Phi) is 9.05. The molecule has 11 heteroatoms. The Hall–Kier alpha value is -3.38. The summed E-state index contributed by atoms with van der Waals surface area (Å²) in [6, 6.07) is 23.5. The lowest BCUT2D eigenvalue weighted by Crippen LogP contribution is -2.40. The van der Waals surface area contributed by atoms with Crippen LogP contribution in [0.3, 0.4) is 0 Å². The van der Waals surface area contributed by atoms with Gasteiger partial charge in [-0.1, -0.05) is 42.5 Å². The van der Waals surface area contributed by atoms with Crippen LogP contribution in [0.4, 0.5) is 0 Å². The number of hydrogen-bond donors (Lipinski definition) is 1. The first-order chi connectivity index (χ1) is 19.4. The number of carbonyl (C=O) groups excluding carboxylic acids is 2. The minimum atomic E-state index is -3.55. The molecule has 40 heavy (non-hydrogen) atoms. The van der Waals surface area contributed by atoms with Gasteiger partial charge in [-0.25, -0.2) is 8.42 Å². The fourth-order valence-corrected chi connectivity index (χ4v) is 7.16. The number of nitrogens with zero attached hydrogens (tertiary/aromatic N) is 2. The highest BCUT2D eigenvalue weighted by Gasteiger charge is 2.32. The van der Waals surface area contributed by atoms with Crippen LogP contribution in [0.15, 0.2) is 83.8 Å². The molecule has 210 valence electrons. The summed E-state index contributed by atoms with van der Waals surface area (Å²) in [5.41, 5.74) is 2.58. The molecule has 5 rings (SSSR count). The minimum absolute atomic E-state index is 0.0894. The average molecular weight is 582 g/mol. The van der Waals surface area contributed by atoms with Gasteiger partial charge in [-0.3, -0.25) is 9.59 Å². The summed E-state index contributed by atoms with van der Waals surface area (Å²) in [5, 5.41) is 2.75. The summed E-state index contributed by atoms with van der Waals surface area (Å²) in [5.74, 6) is 0.835. The number of hydrogen-bond acceptors (Lipinski definition) is 7. The highest BCUT2D eigenvalue weighted by molar-refractivity contribution is 8.00. The lowest BCUT2D eigenvalue weighted by molar-refractivity contribution is -0.128. The molecule has 2 fully saturated rings. The summed E-state index contributed by atoms with van der Waals surface area (Å²) in [7, 11) is -3.55. The van der Waals surface area contributed by atoms with Crippen LogP contribution in [0, 0.1) is 0 Å². The Labute approximate surface area is 238 Å². The molecule has 3 aromatic rings. The second-order valence-electron chi connectivity index (χ2n) is 9.38. The molecule has 2 saturated heterocycles. The molecule has 2 aliphatic heterocycles. The summed E-state index contributed by atoms with van der Waals surface area (Å²) >= 11 is 1.59. The number of rotatable bonds is 10. The lowest BCUT2D eigenvalue weighted by Gasteiger charge is -2.26. The molecule has 1 N–H and O–H groups in total. The Morgan fingerprint density at radius 2 is 1.68 bits per heavy atom. The topological polar surface area (TPSA) is 105 Å². The van der Waals surface area contributed by atoms with Crippen LogP contribution in [0.25, 0.3) is 0 Å². The van der Waals surface area contributed by atoms with Gasteiger partial charge in [-0.15, -0.1) is 11.8 Å². The van der Waals surface area contributed by atoms with Gasteiger partial charge in [0.2, 0.25) is 15.9 Å². The van der Waals surface area contributed by atoms with Crippen molar-refractivity contribution in [3.05, 3.63) is 95.6 Å². The molecule has 0 aromatic heterocycles. The molecule has 9 nitrogen and oxygen atoms in total. The lowest BCUT2D eigenvalue weighted by atomic mass is 10.1. The number of thioether (sulfide) groups is 1. The fraction of sp³-hybridized carbons (Fsp3) is 0.310. The predicted octanol–water partition coefficient (Wildman–Crippen LogP) is 3.29. The smallest absolute Gasteiger partial charge is 0.251 e. The van der Waals surface area contributed by atoms with Crippen LogP contribution in [0.2, 0.25) is 0 Å². The second-order valence-corrected chi connectivity index (χ2v) is 12.4. The number of morpholine rings is 1. The van der Waals surface area contributed by atoms with Crippen molar-refractivity contribution in [2.24, 2.45) is 0 Å². The first-order valence-corrected chi connectivity index (χ1v) is 15.5. The fourth-order valence-electron chi connectivity index (χ4n) is 4.56. The van der Waals surface area contributed by atoms with E-state index in [9.17, 15) is 18.0 Å². The zero-order valence-corrected chi connectivity index (χ0v) is 23.5. The van der Waals surface area contributed by atoms with Crippen LogP contribution in [-0.4, -0.2) is 74.6 Å². The van der Waals surface area contributed by atoms with E-state index in [1.54, 1.807) is 36.0 Å². The van der Waals surface area contributed by atoms with Crippen molar-refractivity contribution in [3.8, 4) is 5.75 Å². The molecule has 0 spiro atoms. The molecule has 0 bridgehead atoms. The number of benzene rings is 3. The van der Waals surface area contributed by atoms with Crippen molar-refractivity contribution < 1.29 is 27.5 Å². The van der Waals surface area contributed by atoms with E-state index in [0.29, 0.717) is 49.9 Å². The van der Waals surface area contributed by atoms with Crippen molar-refractivity contribution in [2.75, 3.05) is 45.2 Å². The Morgan fingerprint density at radius 1 is 0.975 bits per heavy atom. The summed E-state index contributed by atoms with van der Waals surface area (Å²) in [4.78, 5) is 27.2. The normalized spacial score (nSPS) is 18.1. The molecular weight excluding hydrogens is 550 g/mol. The summed E-state index contributed by atoms with van der Waals surface area (Å²) in [6.07, 6.45) is 0. The Balaban J connectivity index is 1.09. The number of carbonyl (C=O) groups is 2. The highest BCUT2D eigenvalue weighted by Crippen LogP contribution is 2.39. The number of ether oxygens (including phenoxy) is 2. The van der Waals surface area contributed by atoms with Gasteiger partial charge in [-0.05, 0) is 47.5 Å². The van der Waals surface area contributed by atoms with Gasteiger partial charge in [0.1, 0.15) is 17.7 Å². The van der Waals surface area contributed by atoms with Crippen molar-refractivity contribution in [1.29, 1.82) is 0 Å². The van der Waals surface area contributed by atoms with Gasteiger partial charge in [0, 0.05) is 25.2 Å². The van der Waals surface area contributed by atoms with Gasteiger partial charge < -0.3 is 19.7 Å². The molecule has 0 aliphatic carbocycles. The van der Waals surface area contributed by atoms with E-state index in [2.05, 4.69) is 5.32 Å². The predicted molar refractivity (Wildman–Crippen MR) is 152 cm³/mol. The first kappa shape index (κ1) is 28.2. The van der Waals surface area contributed by atoms with Crippen molar-refractivity contribution in [2.45, 2.75) is 16.8 Å². The van der Waals surface area contributed by atoms with Crippen molar-refractivity contribution >= 4 is 33.6 Å². The van der Waals surface area contributed by atoms with E-state index >= 15 is 0 Å². The quantitative estimate of drug-likeness (QED) is 0.367. The van der Waals surface area contributed by atoms with Gasteiger partial charge in [0.05, 0.1) is 30.4 Å². The maximum absolute atomic E-state index is 12.7. The average Bonchev–Trinajstić information content (AvgIpc) is 3.36. The number of amides is 2. The molecule has 1 unspecified atom stereocenters. The Morgan fingerprint density at radius 3 is 2.38 bits per heavy atom. The minimum Gasteiger partial charge on any atom is -0.492 e. The third kappa shape index (κ3) is 6.67. The first-order valence-electron chi connectivity index (χ1n) is 13.1. The molecule has 0 radical (unpaired) electrons. The van der Waals surface area contributed by atoms with Crippen molar-refractivity contribution in [3.63, 3.8) is 0 Å². The van der Waals surface area contributed by atoms with Crippen LogP contribution < -0.4 is 10.1 Å². The molecule has 2 heterocycles. The monoisotopic (exact) mass is 581 g/mol. The second kappa shape index (κ2) is 12.9. The summed E-state index contributed by atoms with van der Waals surface area (Å²) < 4.78 is 37.8. The van der Waals surface area contributed by atoms with E-state index in [1.165, 1.54) is 16.4 Å². The van der Waals surface area contributed by atoms with Crippen LogP contribution in [0.5, 0.6) is 5.75 Å². The van der Waals surface area contributed by atoms with Crippen LogP contribution >= 0.6 is 11.8 Å². The zero-order chi connectivity index (χ0) is 28.0. The van der Waals surface area contributed by atoms with Gasteiger partial charge in [0.25, 0.3) is 5.91 Å². The van der Waals surface area contributed by atoms with Gasteiger partial charge >= 0.3 is 0 Å². The van der Waals surface area contributed by atoms with Crippen LogP contribution in [-0.2, 0) is 26.1 Å². The van der Waals surface area contributed by atoms with E-state index < -0.39 is 10.0 Å². The van der Waals surface area contributed by atoms with Crippen molar-refractivity contribution in [1.82, 2.24) is 14.5 Å². The van der Waals surface area contributed by atoms with E-state index in [4.69, 9.17) is 9.47 Å². The third-order valence-corrected chi connectivity index (χ3v) is 9.88. The standard InChI is InChI=1S/C29H31N3O6S2/c33-27-21-39-29(32(27)20-22-4-2-1-3-5-22)24-8-6-23(7-9-24)28(34)30-14-17-38-25-10-12-26(13-11-25)40(35,36)31-15-18-37-19-16-31/h1-13,29H,14-21H2,(H,30,34). The number of nitrogens with one attached hydrogen (secondary N) is 1. The largest absolute Gasteiger partial charge is 0.492 e. The maximum atomic E-state index is 12.7. The van der Waals surface area contributed by atoms with E-state index in [1.807, 2.05) is 47.4 Å². The molecular formula is C29H31N3O6S2. The molecule has 2 amide bonds. The molecule has 1 atom stereocenters. The van der Waals surface area contributed by atoms with Gasteiger partial charge in [0.15, 0.2) is 0 Å². The highest BCUT2D eigenvalue weighted by atomic mass is 32.2. The molecule has 2 aliphatic rings. The SMILES string of the molecule is O=C(NCCOc1ccc(S(=O)(=O)N2CCOCC2)cc1)c1ccc(C2SCC(=O)N2Cc2ccccc2)cc1.